The van der Waals surface area contributed by atoms with E-state index in [4.69, 9.17) is 11.1 Å². The summed E-state index contributed by atoms with van der Waals surface area (Å²) in [4.78, 5) is 0. The lowest BCUT2D eigenvalue weighted by atomic mass is 11.5. The smallest absolute Gasteiger partial charge is 0.175 e. The normalized spacial score (nSPS) is 8.40. The van der Waals surface area contributed by atoms with Crippen molar-refractivity contribution in [3.8, 4) is 0 Å². The van der Waals surface area contributed by atoms with E-state index in [-0.39, 0.29) is 8.83 Å². The third kappa shape index (κ3) is 4.47. The summed E-state index contributed by atoms with van der Waals surface area (Å²) >= 11 is 5.26. The second-order valence-corrected chi connectivity index (χ2v) is 2.18. The maximum Gasteiger partial charge on any atom is 0.175 e. The van der Waals surface area contributed by atoms with E-state index >= 15 is 0 Å². The first-order chi connectivity index (χ1) is 2.41. The van der Waals surface area contributed by atoms with Crippen molar-refractivity contribution in [2.24, 2.45) is 0 Å². The maximum absolute atomic E-state index is 5.26. The fourth-order valence-corrected chi connectivity index (χ4v) is 0.567. The van der Waals surface area contributed by atoms with Crippen LogP contribution in [0, 0.1) is 0 Å². The quantitative estimate of drug-likeness (QED) is 0.363. The SMILES string of the molecule is COC[SiH]Cl. The van der Waals surface area contributed by atoms with E-state index in [2.05, 4.69) is 4.74 Å². The fourth-order valence-electron chi connectivity index (χ4n) is 0.0630. The molecule has 0 fully saturated rings. The first-order valence-corrected chi connectivity index (χ1v) is 3.89. The Morgan fingerprint density at radius 2 is 2.60 bits per heavy atom. The van der Waals surface area contributed by atoms with Crippen LogP contribution >= 0.6 is 11.1 Å². The third-order valence-electron chi connectivity index (χ3n) is 0.230. The van der Waals surface area contributed by atoms with E-state index in [1.54, 1.807) is 7.11 Å². The molecule has 0 aliphatic rings. The monoisotopic (exact) mass is 109 g/mol. The molecule has 3 heteroatoms. The van der Waals surface area contributed by atoms with Gasteiger partial charge >= 0.3 is 0 Å². The summed E-state index contributed by atoms with van der Waals surface area (Å²) in [5, 5.41) is 0. The second kappa shape index (κ2) is 4.47. The van der Waals surface area contributed by atoms with Crippen molar-refractivity contribution < 1.29 is 4.74 Å². The van der Waals surface area contributed by atoms with Gasteiger partial charge in [-0.25, -0.2) is 0 Å². The van der Waals surface area contributed by atoms with E-state index in [0.717, 1.165) is 6.23 Å². The molecule has 0 aliphatic carbocycles. The first-order valence-electron chi connectivity index (χ1n) is 1.32. The van der Waals surface area contributed by atoms with Crippen LogP contribution in [0.25, 0.3) is 0 Å². The van der Waals surface area contributed by atoms with Crippen LogP contribution in [0.2, 0.25) is 0 Å². The molecule has 0 aromatic carbocycles. The molecule has 0 heterocycles. The Hall–Kier alpha value is 0.467. The van der Waals surface area contributed by atoms with Crippen LogP contribution in [0.4, 0.5) is 0 Å². The van der Waals surface area contributed by atoms with Crippen LogP contribution in [0.3, 0.4) is 0 Å². The van der Waals surface area contributed by atoms with E-state index < -0.39 is 0 Å². The number of ether oxygens (including phenoxy) is 1. The Balaban J connectivity index is 2.19. The minimum Gasteiger partial charge on any atom is -0.387 e. The van der Waals surface area contributed by atoms with Crippen molar-refractivity contribution in [3.05, 3.63) is 0 Å². The zero-order valence-corrected chi connectivity index (χ0v) is 4.98. The van der Waals surface area contributed by atoms with Crippen LogP contribution in [-0.4, -0.2) is 22.2 Å². The highest BCUT2D eigenvalue weighted by Crippen LogP contribution is 1.65. The van der Waals surface area contributed by atoms with E-state index in [1.165, 1.54) is 0 Å². The van der Waals surface area contributed by atoms with Crippen LogP contribution in [0.15, 0.2) is 0 Å². The van der Waals surface area contributed by atoms with Gasteiger partial charge in [0.25, 0.3) is 0 Å². The highest BCUT2D eigenvalue weighted by Gasteiger charge is 1.71. The largest absolute Gasteiger partial charge is 0.387 e. The van der Waals surface area contributed by atoms with Gasteiger partial charge in [0.05, 0.1) is 6.23 Å². The van der Waals surface area contributed by atoms with Crippen molar-refractivity contribution in [2.75, 3.05) is 13.3 Å². The van der Waals surface area contributed by atoms with Gasteiger partial charge in [0.2, 0.25) is 0 Å². The molecule has 31 valence electrons. The molecule has 5 heavy (non-hydrogen) atoms. The van der Waals surface area contributed by atoms with Gasteiger partial charge in [-0.2, -0.15) is 11.1 Å². The Kier molecular flexibility index (Phi) is 4.88. The summed E-state index contributed by atoms with van der Waals surface area (Å²) in [7, 11) is 1.68. The average molecular weight is 110 g/mol. The number of rotatable bonds is 2. The molecule has 0 unspecified atom stereocenters. The third-order valence-corrected chi connectivity index (χ3v) is 1.07. The summed E-state index contributed by atoms with van der Waals surface area (Å²) in [6, 6.07) is 0. The van der Waals surface area contributed by atoms with Gasteiger partial charge < -0.3 is 4.74 Å². The molecule has 0 saturated heterocycles. The molecule has 0 aromatic heterocycles. The summed E-state index contributed by atoms with van der Waals surface area (Å²) in [6.07, 6.45) is 0.738. The lowest BCUT2D eigenvalue weighted by molar-refractivity contribution is 0.253. The minimum atomic E-state index is 0.0359. The predicted octanol–water partition coefficient (Wildman–Crippen LogP) is 0.181. The number of halogens is 1. The zero-order chi connectivity index (χ0) is 4.12. The molecule has 0 aliphatic heterocycles. The molecule has 0 saturated carbocycles. The van der Waals surface area contributed by atoms with Crippen molar-refractivity contribution in [2.45, 2.75) is 0 Å². The molecular formula is C2H6ClOSi. The van der Waals surface area contributed by atoms with E-state index in [1.807, 2.05) is 0 Å². The van der Waals surface area contributed by atoms with Gasteiger partial charge in [0.1, 0.15) is 0 Å². The van der Waals surface area contributed by atoms with E-state index in [9.17, 15) is 0 Å². The Labute approximate surface area is 38.8 Å². The Bertz CT molecular complexity index is 17.1. The van der Waals surface area contributed by atoms with Crippen LogP contribution in [0.1, 0.15) is 0 Å². The van der Waals surface area contributed by atoms with Gasteiger partial charge in [0.15, 0.2) is 8.83 Å². The van der Waals surface area contributed by atoms with Gasteiger partial charge in [-0.15, -0.1) is 0 Å². The van der Waals surface area contributed by atoms with Crippen molar-refractivity contribution in [1.82, 2.24) is 0 Å². The maximum atomic E-state index is 5.26. The molecule has 0 atom stereocenters. The summed E-state index contributed by atoms with van der Waals surface area (Å²) in [5.74, 6) is 0. The molecule has 1 radical (unpaired) electrons. The van der Waals surface area contributed by atoms with Gasteiger partial charge in [-0.1, -0.05) is 0 Å². The Morgan fingerprint density at radius 3 is 2.60 bits per heavy atom. The minimum absolute atomic E-state index is 0.0359. The summed E-state index contributed by atoms with van der Waals surface area (Å²) in [6.45, 7) is 0. The number of hydrogen-bond donors (Lipinski definition) is 0. The summed E-state index contributed by atoms with van der Waals surface area (Å²) < 4.78 is 4.60. The molecule has 0 spiro atoms. The lowest BCUT2D eigenvalue weighted by Crippen LogP contribution is -1.90. The average Bonchev–Trinajstić information content (AvgIpc) is 1.41. The van der Waals surface area contributed by atoms with Gasteiger partial charge in [-0.3, -0.25) is 0 Å². The molecular weight excluding hydrogens is 104 g/mol. The van der Waals surface area contributed by atoms with Gasteiger partial charge in [0, 0.05) is 7.11 Å². The second-order valence-electron chi connectivity index (χ2n) is 0.610. The fraction of sp³-hybridized carbons (Fsp3) is 1.00. The highest BCUT2D eigenvalue weighted by molar-refractivity contribution is 6.93. The highest BCUT2D eigenvalue weighted by atomic mass is 35.6. The van der Waals surface area contributed by atoms with Crippen molar-refractivity contribution >= 4 is 19.9 Å². The molecule has 0 rings (SSSR count). The molecule has 0 N–H and O–H groups in total. The van der Waals surface area contributed by atoms with Crippen LogP contribution in [-0.2, 0) is 4.74 Å². The molecule has 0 amide bonds. The Morgan fingerprint density at radius 1 is 2.00 bits per heavy atom. The molecule has 0 aromatic rings. The topological polar surface area (TPSA) is 9.23 Å². The van der Waals surface area contributed by atoms with Crippen LogP contribution < -0.4 is 0 Å². The predicted molar refractivity (Wildman–Crippen MR) is 24.9 cm³/mol. The van der Waals surface area contributed by atoms with E-state index in [0.29, 0.717) is 0 Å². The van der Waals surface area contributed by atoms with Crippen molar-refractivity contribution in [3.63, 3.8) is 0 Å². The number of hydrogen-bond acceptors (Lipinski definition) is 1. The molecule has 1 nitrogen and oxygen atoms in total. The van der Waals surface area contributed by atoms with Gasteiger partial charge in [-0.05, 0) is 0 Å². The standard InChI is InChI=1S/C2H6ClOSi/c1-4-2-5-3/h5H,2H2,1H3. The summed E-state index contributed by atoms with van der Waals surface area (Å²) in [5.41, 5.74) is 0. The zero-order valence-electron chi connectivity index (χ0n) is 3.07. The lowest BCUT2D eigenvalue weighted by Gasteiger charge is -1.81. The van der Waals surface area contributed by atoms with Crippen molar-refractivity contribution in [1.29, 1.82) is 0 Å². The molecule has 0 bridgehead atoms. The van der Waals surface area contributed by atoms with Crippen LogP contribution in [0.5, 0.6) is 0 Å². The number of methoxy groups -OCH3 is 1. The first kappa shape index (κ1) is 5.47.